The summed E-state index contributed by atoms with van der Waals surface area (Å²) < 4.78 is 0. The summed E-state index contributed by atoms with van der Waals surface area (Å²) in [5.41, 5.74) is 1.03. The van der Waals surface area contributed by atoms with Crippen LogP contribution in [0, 0.1) is 5.92 Å². The molecule has 0 saturated heterocycles. The maximum absolute atomic E-state index is 6.20. The van der Waals surface area contributed by atoms with Crippen LogP contribution in [0.3, 0.4) is 0 Å². The van der Waals surface area contributed by atoms with Crippen molar-refractivity contribution in [3.8, 4) is 0 Å². The molecule has 1 atom stereocenters. The van der Waals surface area contributed by atoms with Gasteiger partial charge in [0.1, 0.15) is 17.3 Å². The third kappa shape index (κ3) is 5.63. The largest absolute Gasteiger partial charge is 0.366 e. The first kappa shape index (κ1) is 17.2. The summed E-state index contributed by atoms with van der Waals surface area (Å²) in [4.78, 5) is 10.7. The molecule has 114 valence electrons. The minimum atomic E-state index is 0.367. The van der Waals surface area contributed by atoms with Gasteiger partial charge >= 0.3 is 0 Å². The highest BCUT2D eigenvalue weighted by Crippen LogP contribution is 2.23. The third-order valence-electron chi connectivity index (χ3n) is 3.08. The Morgan fingerprint density at radius 3 is 2.55 bits per heavy atom. The van der Waals surface area contributed by atoms with Crippen molar-refractivity contribution in [2.24, 2.45) is 5.92 Å². The van der Waals surface area contributed by atoms with Gasteiger partial charge in [-0.1, -0.05) is 38.8 Å². The van der Waals surface area contributed by atoms with Crippen LogP contribution in [0.15, 0.2) is 6.33 Å². The molecular weight excluding hydrogens is 272 g/mol. The van der Waals surface area contributed by atoms with E-state index in [2.05, 4.69) is 55.1 Å². The smallest absolute Gasteiger partial charge is 0.137 e. The predicted octanol–water partition coefficient (Wildman–Crippen LogP) is 3.47. The van der Waals surface area contributed by atoms with Gasteiger partial charge in [-0.15, -0.1) is 0 Å². The zero-order valence-corrected chi connectivity index (χ0v) is 14.0. The number of nitrogens with zero attached hydrogens (tertiary/aromatic N) is 3. The number of halogens is 1. The van der Waals surface area contributed by atoms with Crippen molar-refractivity contribution in [2.45, 2.75) is 46.1 Å². The fourth-order valence-electron chi connectivity index (χ4n) is 2.37. The quantitative estimate of drug-likeness (QED) is 0.746. The number of nitrogens with one attached hydrogen (secondary N) is 1. The SMILES string of the molecule is CCCc1c(Cl)ncnc1NC(CC(C)C)CN(C)C. The van der Waals surface area contributed by atoms with E-state index in [1.807, 2.05) is 0 Å². The Bertz CT molecular complexity index is 397. The number of rotatable bonds is 8. The number of likely N-dealkylation sites (N-methyl/N-ethyl adjacent to an activating group) is 1. The second kappa shape index (κ2) is 8.42. The molecule has 0 spiro atoms. The highest BCUT2D eigenvalue weighted by atomic mass is 35.5. The number of hydrogen-bond donors (Lipinski definition) is 1. The van der Waals surface area contributed by atoms with Crippen molar-refractivity contribution < 1.29 is 0 Å². The van der Waals surface area contributed by atoms with Crippen molar-refractivity contribution in [1.82, 2.24) is 14.9 Å². The van der Waals surface area contributed by atoms with Crippen molar-refractivity contribution in [1.29, 1.82) is 0 Å². The van der Waals surface area contributed by atoms with Gasteiger partial charge in [-0.05, 0) is 32.9 Å². The molecule has 0 amide bonds. The molecule has 0 aliphatic heterocycles. The summed E-state index contributed by atoms with van der Waals surface area (Å²) in [7, 11) is 4.18. The molecule has 4 nitrogen and oxygen atoms in total. The molecule has 0 bridgehead atoms. The van der Waals surface area contributed by atoms with Crippen molar-refractivity contribution in [2.75, 3.05) is 26.0 Å². The van der Waals surface area contributed by atoms with Gasteiger partial charge in [0, 0.05) is 18.2 Å². The molecule has 1 rings (SSSR count). The molecule has 1 N–H and O–H groups in total. The molecule has 20 heavy (non-hydrogen) atoms. The van der Waals surface area contributed by atoms with Gasteiger partial charge in [0.15, 0.2) is 0 Å². The Balaban J connectivity index is 2.89. The van der Waals surface area contributed by atoms with Crippen molar-refractivity contribution in [3.63, 3.8) is 0 Å². The van der Waals surface area contributed by atoms with Crippen LogP contribution >= 0.6 is 11.6 Å². The molecule has 0 saturated carbocycles. The summed E-state index contributed by atoms with van der Waals surface area (Å²) in [6.07, 6.45) is 4.57. The van der Waals surface area contributed by atoms with Gasteiger partial charge in [-0.2, -0.15) is 0 Å². The van der Waals surface area contributed by atoms with Crippen LogP contribution in [0.25, 0.3) is 0 Å². The van der Waals surface area contributed by atoms with E-state index in [1.54, 1.807) is 0 Å². The van der Waals surface area contributed by atoms with Crippen molar-refractivity contribution in [3.05, 3.63) is 17.0 Å². The average Bonchev–Trinajstić information content (AvgIpc) is 2.32. The van der Waals surface area contributed by atoms with Crippen LogP contribution in [-0.4, -0.2) is 41.5 Å². The van der Waals surface area contributed by atoms with E-state index in [9.17, 15) is 0 Å². The van der Waals surface area contributed by atoms with Crippen LogP contribution in [-0.2, 0) is 6.42 Å². The molecule has 0 fully saturated rings. The summed E-state index contributed by atoms with van der Waals surface area (Å²) in [6.45, 7) is 7.60. The van der Waals surface area contributed by atoms with E-state index in [4.69, 9.17) is 11.6 Å². The monoisotopic (exact) mass is 298 g/mol. The van der Waals surface area contributed by atoms with E-state index in [0.29, 0.717) is 17.1 Å². The van der Waals surface area contributed by atoms with E-state index in [-0.39, 0.29) is 0 Å². The molecular formula is C15H27ClN4. The summed E-state index contributed by atoms with van der Waals surface area (Å²) in [5.74, 6) is 1.53. The molecule has 1 unspecified atom stereocenters. The van der Waals surface area contributed by atoms with Gasteiger partial charge in [-0.3, -0.25) is 0 Å². The second-order valence-electron chi connectivity index (χ2n) is 5.97. The Morgan fingerprint density at radius 1 is 1.30 bits per heavy atom. The summed E-state index contributed by atoms with van der Waals surface area (Å²) in [5, 5.41) is 4.13. The van der Waals surface area contributed by atoms with Crippen molar-refractivity contribution >= 4 is 17.4 Å². The maximum atomic E-state index is 6.20. The lowest BCUT2D eigenvalue weighted by atomic mass is 10.0. The Morgan fingerprint density at radius 2 is 2.00 bits per heavy atom. The van der Waals surface area contributed by atoms with E-state index >= 15 is 0 Å². The minimum absolute atomic E-state index is 0.367. The van der Waals surface area contributed by atoms with Crippen LogP contribution in [0.2, 0.25) is 5.15 Å². The molecule has 0 aliphatic carbocycles. The topological polar surface area (TPSA) is 41.1 Å². The van der Waals surface area contributed by atoms with Crippen LogP contribution in [0.1, 0.15) is 39.2 Å². The predicted molar refractivity (Wildman–Crippen MR) is 86.5 cm³/mol. The summed E-state index contributed by atoms with van der Waals surface area (Å²) in [6, 6.07) is 0.367. The van der Waals surface area contributed by atoms with Crippen LogP contribution < -0.4 is 5.32 Å². The molecule has 1 aromatic rings. The first-order valence-electron chi connectivity index (χ1n) is 7.34. The molecule has 1 aromatic heterocycles. The normalized spacial score (nSPS) is 13.0. The Hall–Kier alpha value is -0.870. The van der Waals surface area contributed by atoms with Crippen LogP contribution in [0.4, 0.5) is 5.82 Å². The fraction of sp³-hybridized carbons (Fsp3) is 0.733. The van der Waals surface area contributed by atoms with E-state index in [0.717, 1.165) is 37.2 Å². The Kier molecular flexibility index (Phi) is 7.24. The van der Waals surface area contributed by atoms with Crippen LogP contribution in [0.5, 0.6) is 0 Å². The average molecular weight is 299 g/mol. The lowest BCUT2D eigenvalue weighted by Crippen LogP contribution is -2.34. The number of aromatic nitrogens is 2. The summed E-state index contributed by atoms with van der Waals surface area (Å²) >= 11 is 6.20. The third-order valence-corrected chi connectivity index (χ3v) is 3.40. The minimum Gasteiger partial charge on any atom is -0.366 e. The van der Waals surface area contributed by atoms with Gasteiger partial charge < -0.3 is 10.2 Å². The number of hydrogen-bond acceptors (Lipinski definition) is 4. The maximum Gasteiger partial charge on any atom is 0.137 e. The van der Waals surface area contributed by atoms with Gasteiger partial charge in [0.05, 0.1) is 0 Å². The zero-order valence-electron chi connectivity index (χ0n) is 13.3. The number of anilines is 1. The first-order chi connectivity index (χ1) is 9.43. The second-order valence-corrected chi connectivity index (χ2v) is 6.33. The molecule has 1 heterocycles. The zero-order chi connectivity index (χ0) is 15.1. The lowest BCUT2D eigenvalue weighted by molar-refractivity contribution is 0.356. The van der Waals surface area contributed by atoms with Gasteiger partial charge in [0.2, 0.25) is 0 Å². The molecule has 5 heteroatoms. The van der Waals surface area contributed by atoms with E-state index in [1.165, 1.54) is 6.33 Å². The first-order valence-corrected chi connectivity index (χ1v) is 7.72. The van der Waals surface area contributed by atoms with E-state index < -0.39 is 0 Å². The molecule has 0 aliphatic rings. The molecule has 0 radical (unpaired) electrons. The highest BCUT2D eigenvalue weighted by Gasteiger charge is 2.16. The highest BCUT2D eigenvalue weighted by molar-refractivity contribution is 6.30. The Labute approximate surface area is 127 Å². The lowest BCUT2D eigenvalue weighted by Gasteiger charge is -2.25. The fourth-order valence-corrected chi connectivity index (χ4v) is 2.60. The molecule has 0 aromatic carbocycles. The standard InChI is InChI=1S/C15H27ClN4/c1-6-7-13-14(16)17-10-18-15(13)19-12(8-11(2)3)9-20(4)5/h10-12H,6-9H2,1-5H3,(H,17,18,19). The van der Waals surface area contributed by atoms with Gasteiger partial charge in [0.25, 0.3) is 0 Å². The van der Waals surface area contributed by atoms with Gasteiger partial charge in [-0.25, -0.2) is 9.97 Å².